The lowest BCUT2D eigenvalue weighted by molar-refractivity contribution is 1.08. The van der Waals surface area contributed by atoms with Gasteiger partial charge in [-0.25, -0.2) is 15.0 Å². The Kier molecular flexibility index (Phi) is 8.36. The highest BCUT2D eigenvalue weighted by atomic mass is 32.1. The summed E-state index contributed by atoms with van der Waals surface area (Å²) in [5, 5.41) is 9.58. The lowest BCUT2D eigenvalue weighted by Crippen LogP contribution is -2.01. The SMILES string of the molecule is c1ccc(-c2cc(-c3ccc(-c4nc(-c5ccc(-c6cccc7ccccc67)cc5)nc(-c5cccc6c5sc5ccccc56)n4)c4ccccc34)cc3ccccc23)cc1. The van der Waals surface area contributed by atoms with Crippen molar-refractivity contribution in [2.45, 2.75) is 0 Å². The maximum absolute atomic E-state index is 5.35. The highest BCUT2D eigenvalue weighted by Crippen LogP contribution is 2.42. The molecular weight excluding hydrogens is 759 g/mol. The summed E-state index contributed by atoms with van der Waals surface area (Å²) in [5.41, 5.74) is 9.99. The number of rotatable bonds is 6. The van der Waals surface area contributed by atoms with Gasteiger partial charge in [-0.15, -0.1) is 11.3 Å². The fourth-order valence-electron chi connectivity index (χ4n) is 9.01. The largest absolute Gasteiger partial charge is 0.208 e. The van der Waals surface area contributed by atoms with Gasteiger partial charge >= 0.3 is 0 Å². The minimum atomic E-state index is 0.637. The van der Waals surface area contributed by atoms with Crippen LogP contribution in [0.15, 0.2) is 212 Å². The number of benzene rings is 10. The van der Waals surface area contributed by atoms with E-state index in [4.69, 9.17) is 15.0 Å². The standard InChI is InChI=1S/C57H35N3S/c1-2-14-37(15-3-1)52-35-41(34-40-17-5-7-20-44(40)52)45-32-33-50(47-22-9-8-21-46(45)47)56-58-55(39-30-28-38(29-31-39)43-24-12-18-36-16-4-6-19-42(36)43)59-57(60-56)51-26-13-25-49-48-23-10-11-27-53(48)61-54(49)51/h1-35H. The summed E-state index contributed by atoms with van der Waals surface area (Å²) in [6.07, 6.45) is 0. The van der Waals surface area contributed by atoms with Crippen molar-refractivity contribution in [3.05, 3.63) is 212 Å². The topological polar surface area (TPSA) is 38.7 Å². The maximum Gasteiger partial charge on any atom is 0.165 e. The van der Waals surface area contributed by atoms with Crippen LogP contribution in [0, 0.1) is 0 Å². The predicted molar refractivity (Wildman–Crippen MR) is 258 cm³/mol. The Bertz CT molecular complexity index is 3640. The molecule has 0 unspecified atom stereocenters. The average Bonchev–Trinajstić information content (AvgIpc) is 3.72. The summed E-state index contributed by atoms with van der Waals surface area (Å²) in [6, 6.07) is 75.9. The van der Waals surface area contributed by atoms with Gasteiger partial charge in [0.1, 0.15) is 0 Å². The van der Waals surface area contributed by atoms with E-state index in [9.17, 15) is 0 Å². The molecule has 0 saturated heterocycles. The average molecular weight is 794 g/mol. The summed E-state index contributed by atoms with van der Waals surface area (Å²) in [6.45, 7) is 0. The fourth-order valence-corrected chi connectivity index (χ4v) is 10.2. The van der Waals surface area contributed by atoms with E-state index < -0.39 is 0 Å². The van der Waals surface area contributed by atoms with Crippen LogP contribution in [0.4, 0.5) is 0 Å². The molecule has 0 aliphatic heterocycles. The molecule has 0 N–H and O–H groups in total. The molecule has 61 heavy (non-hydrogen) atoms. The Balaban J connectivity index is 1.05. The third-order valence-electron chi connectivity index (χ3n) is 11.9. The first-order valence-corrected chi connectivity index (χ1v) is 21.4. The molecule has 0 atom stereocenters. The second-order valence-electron chi connectivity index (χ2n) is 15.5. The summed E-state index contributed by atoms with van der Waals surface area (Å²) < 4.78 is 2.41. The number of aromatic nitrogens is 3. The first kappa shape index (κ1) is 35.2. The molecule has 3 nitrogen and oxygen atoms in total. The normalized spacial score (nSPS) is 11.6. The Morgan fingerprint density at radius 3 is 1.57 bits per heavy atom. The molecule has 0 amide bonds. The van der Waals surface area contributed by atoms with Crippen LogP contribution >= 0.6 is 11.3 Å². The van der Waals surface area contributed by atoms with Crippen LogP contribution < -0.4 is 0 Å². The molecule has 0 bridgehead atoms. The molecule has 0 aliphatic carbocycles. The molecule has 10 aromatic carbocycles. The van der Waals surface area contributed by atoms with E-state index in [1.165, 1.54) is 64.0 Å². The molecule has 12 aromatic rings. The predicted octanol–water partition coefficient (Wildman–Crippen LogP) is 15.7. The smallest absolute Gasteiger partial charge is 0.165 e. The third kappa shape index (κ3) is 6.07. The van der Waals surface area contributed by atoms with Gasteiger partial charge in [0, 0.05) is 36.9 Å². The monoisotopic (exact) mass is 793 g/mol. The Morgan fingerprint density at radius 2 is 0.770 bits per heavy atom. The van der Waals surface area contributed by atoms with Gasteiger partial charge in [-0.05, 0) is 96.0 Å². The van der Waals surface area contributed by atoms with E-state index in [-0.39, 0.29) is 0 Å². The van der Waals surface area contributed by atoms with Gasteiger partial charge in [0.15, 0.2) is 17.5 Å². The molecule has 0 fully saturated rings. The van der Waals surface area contributed by atoms with Crippen molar-refractivity contribution in [2.75, 3.05) is 0 Å². The minimum absolute atomic E-state index is 0.637. The van der Waals surface area contributed by atoms with E-state index in [0.717, 1.165) is 38.6 Å². The number of fused-ring (bicyclic) bond motifs is 6. The molecule has 0 aliphatic rings. The van der Waals surface area contributed by atoms with Crippen molar-refractivity contribution >= 4 is 63.8 Å². The molecule has 0 saturated carbocycles. The molecular formula is C57H35N3S. The van der Waals surface area contributed by atoms with E-state index in [1.807, 2.05) is 0 Å². The lowest BCUT2D eigenvalue weighted by atomic mass is 9.90. The highest BCUT2D eigenvalue weighted by Gasteiger charge is 2.19. The molecule has 4 heteroatoms. The fraction of sp³-hybridized carbons (Fsp3) is 0. The second kappa shape index (κ2) is 14.5. The van der Waals surface area contributed by atoms with Crippen LogP contribution in [0.25, 0.3) is 120 Å². The highest BCUT2D eigenvalue weighted by molar-refractivity contribution is 7.26. The van der Waals surface area contributed by atoms with Crippen LogP contribution in [0.2, 0.25) is 0 Å². The van der Waals surface area contributed by atoms with Crippen molar-refractivity contribution in [3.8, 4) is 67.5 Å². The molecule has 2 aromatic heterocycles. The molecule has 2 heterocycles. The van der Waals surface area contributed by atoms with Gasteiger partial charge < -0.3 is 0 Å². The Labute approximate surface area is 356 Å². The van der Waals surface area contributed by atoms with Crippen molar-refractivity contribution in [3.63, 3.8) is 0 Å². The van der Waals surface area contributed by atoms with Gasteiger partial charge in [-0.1, -0.05) is 182 Å². The van der Waals surface area contributed by atoms with Crippen LogP contribution in [0.5, 0.6) is 0 Å². The van der Waals surface area contributed by atoms with Crippen LogP contribution in [-0.4, -0.2) is 15.0 Å². The quantitative estimate of drug-likeness (QED) is 0.168. The van der Waals surface area contributed by atoms with Crippen LogP contribution in [-0.2, 0) is 0 Å². The van der Waals surface area contributed by atoms with Crippen molar-refractivity contribution < 1.29 is 0 Å². The summed E-state index contributed by atoms with van der Waals surface area (Å²) >= 11 is 1.79. The second-order valence-corrected chi connectivity index (χ2v) is 16.6. The van der Waals surface area contributed by atoms with E-state index in [2.05, 4.69) is 212 Å². The summed E-state index contributed by atoms with van der Waals surface area (Å²) in [7, 11) is 0. The van der Waals surface area contributed by atoms with Gasteiger partial charge in [-0.2, -0.15) is 0 Å². The van der Waals surface area contributed by atoms with Gasteiger partial charge in [-0.3, -0.25) is 0 Å². The number of thiophene rings is 1. The number of nitrogens with zero attached hydrogens (tertiary/aromatic N) is 3. The molecule has 0 spiro atoms. The zero-order valence-corrected chi connectivity index (χ0v) is 33.8. The van der Waals surface area contributed by atoms with Gasteiger partial charge in [0.05, 0.1) is 0 Å². The molecule has 12 rings (SSSR count). The third-order valence-corrected chi connectivity index (χ3v) is 13.2. The van der Waals surface area contributed by atoms with E-state index in [0.29, 0.717) is 17.5 Å². The van der Waals surface area contributed by atoms with Crippen LogP contribution in [0.1, 0.15) is 0 Å². The Hall–Kier alpha value is -7.79. The zero-order valence-electron chi connectivity index (χ0n) is 33.0. The van der Waals surface area contributed by atoms with Crippen molar-refractivity contribution in [1.82, 2.24) is 15.0 Å². The molecule has 284 valence electrons. The summed E-state index contributed by atoms with van der Waals surface area (Å²) in [4.78, 5) is 15.9. The zero-order chi connectivity index (χ0) is 40.3. The maximum atomic E-state index is 5.35. The first-order valence-electron chi connectivity index (χ1n) is 20.6. The van der Waals surface area contributed by atoms with Crippen LogP contribution in [0.3, 0.4) is 0 Å². The number of hydrogen-bond donors (Lipinski definition) is 0. The lowest BCUT2D eigenvalue weighted by Gasteiger charge is -2.15. The minimum Gasteiger partial charge on any atom is -0.208 e. The van der Waals surface area contributed by atoms with Crippen molar-refractivity contribution in [2.24, 2.45) is 0 Å². The van der Waals surface area contributed by atoms with Gasteiger partial charge in [0.2, 0.25) is 0 Å². The van der Waals surface area contributed by atoms with Crippen molar-refractivity contribution in [1.29, 1.82) is 0 Å². The Morgan fingerprint density at radius 1 is 0.262 bits per heavy atom. The van der Waals surface area contributed by atoms with E-state index in [1.54, 1.807) is 11.3 Å². The van der Waals surface area contributed by atoms with Gasteiger partial charge in [0.25, 0.3) is 0 Å². The molecule has 0 radical (unpaired) electrons. The summed E-state index contributed by atoms with van der Waals surface area (Å²) in [5.74, 6) is 1.94. The van der Waals surface area contributed by atoms with E-state index >= 15 is 0 Å². The number of hydrogen-bond acceptors (Lipinski definition) is 4. The first-order chi connectivity index (χ1) is 30.2.